The monoisotopic (exact) mass is 234 g/mol. The lowest BCUT2D eigenvalue weighted by atomic mass is 10.1. The molecule has 4 heteroatoms. The molecule has 0 N–H and O–H groups in total. The number of hydrogen-bond donors (Lipinski definition) is 0. The van der Waals surface area contributed by atoms with Crippen LogP contribution in [0.5, 0.6) is 5.75 Å². The molecule has 1 aromatic carbocycles. The molecule has 1 aliphatic carbocycles. The minimum Gasteiger partial charge on any atom is -0.497 e. The van der Waals surface area contributed by atoms with E-state index in [4.69, 9.17) is 4.74 Å². The summed E-state index contributed by atoms with van der Waals surface area (Å²) in [6.45, 7) is 0. The van der Waals surface area contributed by atoms with Crippen molar-refractivity contribution in [3.8, 4) is 5.75 Å². The van der Waals surface area contributed by atoms with Gasteiger partial charge in [-0.1, -0.05) is 0 Å². The first-order valence-electron chi connectivity index (χ1n) is 5.43. The Balaban J connectivity index is 2.04. The van der Waals surface area contributed by atoms with Crippen LogP contribution in [0, 0.1) is 11.8 Å². The van der Waals surface area contributed by atoms with Gasteiger partial charge < -0.3 is 9.47 Å². The van der Waals surface area contributed by atoms with Crippen LogP contribution in [-0.4, -0.2) is 26.0 Å². The second-order valence-electron chi connectivity index (χ2n) is 4.06. The van der Waals surface area contributed by atoms with Crippen molar-refractivity contribution in [1.82, 2.24) is 0 Å². The molecule has 1 saturated carbocycles. The summed E-state index contributed by atoms with van der Waals surface area (Å²) in [5.74, 6) is -0.0489. The van der Waals surface area contributed by atoms with Crippen molar-refractivity contribution in [2.75, 3.05) is 14.2 Å². The van der Waals surface area contributed by atoms with Gasteiger partial charge >= 0.3 is 5.97 Å². The quantitative estimate of drug-likeness (QED) is 0.587. The van der Waals surface area contributed by atoms with Gasteiger partial charge in [-0.2, -0.15) is 0 Å². The average molecular weight is 234 g/mol. The molecule has 0 heterocycles. The summed E-state index contributed by atoms with van der Waals surface area (Å²) in [5, 5.41) is 0. The predicted molar refractivity (Wildman–Crippen MR) is 60.9 cm³/mol. The zero-order valence-corrected chi connectivity index (χ0v) is 9.80. The summed E-state index contributed by atoms with van der Waals surface area (Å²) in [5.41, 5.74) is 0.613. The number of ketones is 1. The Morgan fingerprint density at radius 1 is 1.12 bits per heavy atom. The Labute approximate surface area is 99.5 Å². The van der Waals surface area contributed by atoms with Gasteiger partial charge in [0.1, 0.15) is 5.75 Å². The van der Waals surface area contributed by atoms with E-state index in [-0.39, 0.29) is 23.6 Å². The standard InChI is InChI=1S/C13H14O4/c1-16-9-5-3-8(4-6-9)12(14)10-7-11(10)13(15)17-2/h3-6,10-11H,7H2,1-2H3/t10-,11+/m1/s1. The minimum atomic E-state index is -0.295. The van der Waals surface area contributed by atoms with Gasteiger partial charge in [0.05, 0.1) is 20.1 Å². The lowest BCUT2D eigenvalue weighted by molar-refractivity contribution is -0.142. The van der Waals surface area contributed by atoms with Crippen molar-refractivity contribution in [3.63, 3.8) is 0 Å². The van der Waals surface area contributed by atoms with Crippen LogP contribution in [-0.2, 0) is 9.53 Å². The van der Waals surface area contributed by atoms with E-state index in [0.717, 1.165) is 0 Å². The molecular formula is C13H14O4. The third-order valence-electron chi connectivity index (χ3n) is 3.01. The number of ether oxygens (including phenoxy) is 2. The van der Waals surface area contributed by atoms with Gasteiger partial charge in [-0.25, -0.2) is 0 Å². The van der Waals surface area contributed by atoms with Gasteiger partial charge in [0.15, 0.2) is 5.78 Å². The molecule has 4 nitrogen and oxygen atoms in total. The lowest BCUT2D eigenvalue weighted by Crippen LogP contribution is -2.10. The van der Waals surface area contributed by atoms with E-state index in [1.165, 1.54) is 7.11 Å². The molecule has 1 fully saturated rings. The van der Waals surface area contributed by atoms with Crippen LogP contribution in [0.25, 0.3) is 0 Å². The number of esters is 1. The average Bonchev–Trinajstić information content (AvgIpc) is 3.17. The number of rotatable bonds is 4. The predicted octanol–water partition coefficient (Wildman–Crippen LogP) is 1.69. The maximum atomic E-state index is 12.0. The Hall–Kier alpha value is -1.84. The van der Waals surface area contributed by atoms with E-state index >= 15 is 0 Å². The molecule has 0 amide bonds. The van der Waals surface area contributed by atoms with Crippen LogP contribution >= 0.6 is 0 Å². The van der Waals surface area contributed by atoms with Gasteiger partial charge in [-0.3, -0.25) is 9.59 Å². The van der Waals surface area contributed by atoms with Gasteiger partial charge in [-0.05, 0) is 30.7 Å². The first kappa shape index (κ1) is 11.6. The van der Waals surface area contributed by atoms with Crippen LogP contribution in [0.2, 0.25) is 0 Å². The molecule has 1 aromatic rings. The summed E-state index contributed by atoms with van der Waals surface area (Å²) in [6, 6.07) is 6.91. The lowest BCUT2D eigenvalue weighted by Gasteiger charge is -2.02. The fourth-order valence-electron chi connectivity index (χ4n) is 1.87. The molecule has 17 heavy (non-hydrogen) atoms. The molecular weight excluding hydrogens is 220 g/mol. The maximum absolute atomic E-state index is 12.0. The first-order valence-corrected chi connectivity index (χ1v) is 5.43. The topological polar surface area (TPSA) is 52.6 Å². The van der Waals surface area contributed by atoms with Crippen molar-refractivity contribution in [1.29, 1.82) is 0 Å². The number of hydrogen-bond acceptors (Lipinski definition) is 4. The summed E-state index contributed by atoms with van der Waals surface area (Å²) in [4.78, 5) is 23.2. The van der Waals surface area contributed by atoms with Crippen molar-refractivity contribution in [3.05, 3.63) is 29.8 Å². The van der Waals surface area contributed by atoms with Gasteiger partial charge in [-0.15, -0.1) is 0 Å². The fourth-order valence-corrected chi connectivity index (χ4v) is 1.87. The van der Waals surface area contributed by atoms with E-state index in [2.05, 4.69) is 4.74 Å². The van der Waals surface area contributed by atoms with Crippen LogP contribution in [0.4, 0.5) is 0 Å². The molecule has 90 valence electrons. The second kappa shape index (κ2) is 4.57. The summed E-state index contributed by atoms with van der Waals surface area (Å²) in [7, 11) is 2.92. The number of methoxy groups -OCH3 is 2. The number of Topliss-reactive ketones (excluding diaryl/α,β-unsaturated/α-hetero) is 1. The SMILES string of the molecule is COC(=O)[C@H]1C[C@H]1C(=O)c1ccc(OC)cc1. The Morgan fingerprint density at radius 2 is 1.76 bits per heavy atom. The zero-order valence-electron chi connectivity index (χ0n) is 9.80. The molecule has 2 atom stereocenters. The van der Waals surface area contributed by atoms with Gasteiger partial charge in [0, 0.05) is 11.5 Å². The molecule has 2 rings (SSSR count). The van der Waals surface area contributed by atoms with Crippen LogP contribution in [0.1, 0.15) is 16.8 Å². The van der Waals surface area contributed by atoms with Crippen molar-refractivity contribution in [2.24, 2.45) is 11.8 Å². The molecule has 0 bridgehead atoms. The molecule has 0 radical (unpaired) electrons. The normalized spacial score (nSPS) is 21.8. The van der Waals surface area contributed by atoms with E-state index in [0.29, 0.717) is 17.7 Å². The van der Waals surface area contributed by atoms with Crippen molar-refractivity contribution < 1.29 is 19.1 Å². The molecule has 0 spiro atoms. The Morgan fingerprint density at radius 3 is 2.29 bits per heavy atom. The highest BCUT2D eigenvalue weighted by Crippen LogP contribution is 2.41. The van der Waals surface area contributed by atoms with Crippen LogP contribution in [0.15, 0.2) is 24.3 Å². The molecule has 0 aliphatic heterocycles. The minimum absolute atomic E-state index is 0.00283. The van der Waals surface area contributed by atoms with Crippen LogP contribution < -0.4 is 4.74 Å². The summed E-state index contributed by atoms with van der Waals surface area (Å²) >= 11 is 0. The number of carbonyl (C=O) groups excluding carboxylic acids is 2. The fraction of sp³-hybridized carbons (Fsp3) is 0.385. The zero-order chi connectivity index (χ0) is 12.4. The Kier molecular flexibility index (Phi) is 3.13. The number of benzene rings is 1. The summed E-state index contributed by atoms with van der Waals surface area (Å²) in [6.07, 6.45) is 0.595. The highest BCUT2D eigenvalue weighted by molar-refractivity contribution is 6.02. The number of carbonyl (C=O) groups is 2. The highest BCUT2D eigenvalue weighted by Gasteiger charge is 2.48. The van der Waals surface area contributed by atoms with Crippen LogP contribution in [0.3, 0.4) is 0 Å². The molecule has 0 aromatic heterocycles. The smallest absolute Gasteiger partial charge is 0.309 e. The molecule has 0 saturated heterocycles. The highest BCUT2D eigenvalue weighted by atomic mass is 16.5. The van der Waals surface area contributed by atoms with Gasteiger partial charge in [0.2, 0.25) is 0 Å². The summed E-state index contributed by atoms with van der Waals surface area (Å²) < 4.78 is 9.63. The van der Waals surface area contributed by atoms with E-state index in [1.807, 2.05) is 0 Å². The second-order valence-corrected chi connectivity index (χ2v) is 4.06. The maximum Gasteiger partial charge on any atom is 0.309 e. The van der Waals surface area contributed by atoms with E-state index in [1.54, 1.807) is 31.4 Å². The third-order valence-corrected chi connectivity index (χ3v) is 3.01. The van der Waals surface area contributed by atoms with E-state index < -0.39 is 0 Å². The van der Waals surface area contributed by atoms with E-state index in [9.17, 15) is 9.59 Å². The van der Waals surface area contributed by atoms with Gasteiger partial charge in [0.25, 0.3) is 0 Å². The Bertz CT molecular complexity index is 435. The van der Waals surface area contributed by atoms with Crippen molar-refractivity contribution in [2.45, 2.75) is 6.42 Å². The first-order chi connectivity index (χ1) is 8.17. The molecule has 1 aliphatic rings. The molecule has 0 unspecified atom stereocenters. The van der Waals surface area contributed by atoms with Crippen molar-refractivity contribution >= 4 is 11.8 Å². The largest absolute Gasteiger partial charge is 0.497 e. The third kappa shape index (κ3) is 2.30.